The van der Waals surface area contributed by atoms with Crippen molar-refractivity contribution in [2.45, 2.75) is 107 Å². The molecule has 2 aliphatic heterocycles. The van der Waals surface area contributed by atoms with Crippen LogP contribution in [0.3, 0.4) is 0 Å². The molecule has 0 radical (unpaired) electrons. The molecule has 14 heteroatoms. The number of piperidine rings is 1. The number of carbonyl (C=O) groups is 2. The molecule has 0 aromatic heterocycles. The highest BCUT2D eigenvalue weighted by molar-refractivity contribution is 5.73. The second kappa shape index (κ2) is 12.8. The van der Waals surface area contributed by atoms with Crippen molar-refractivity contribution in [1.82, 2.24) is 4.90 Å². The average Bonchev–Trinajstić information content (AvgIpc) is 2.97. The summed E-state index contributed by atoms with van der Waals surface area (Å²) in [6.45, 7) is 4.08. The summed E-state index contributed by atoms with van der Waals surface area (Å²) < 4.78 is 17.6. The molecule has 1 aromatic carbocycles. The third-order valence-corrected chi connectivity index (χ3v) is 9.38. The van der Waals surface area contributed by atoms with E-state index in [0.717, 1.165) is 37.9 Å². The van der Waals surface area contributed by atoms with Crippen molar-refractivity contribution < 1.29 is 64.7 Å². The van der Waals surface area contributed by atoms with Crippen LogP contribution in [0.5, 0.6) is 11.5 Å². The number of likely N-dealkylation sites (tertiary alicyclic amines) is 1. The van der Waals surface area contributed by atoms with Gasteiger partial charge in [-0.05, 0) is 62.7 Å². The van der Waals surface area contributed by atoms with Crippen LogP contribution in [0, 0.1) is 11.8 Å². The molecule has 4 aliphatic rings. The highest BCUT2D eigenvalue weighted by Crippen LogP contribution is 2.45. The van der Waals surface area contributed by atoms with Gasteiger partial charge in [0.1, 0.15) is 36.6 Å². The van der Waals surface area contributed by atoms with Gasteiger partial charge in [-0.3, -0.25) is 9.69 Å². The molecule has 2 aliphatic carbocycles. The van der Waals surface area contributed by atoms with Gasteiger partial charge in [0.2, 0.25) is 6.29 Å². The Morgan fingerprint density at radius 2 is 1.63 bits per heavy atom. The number of carboxylic acid groups (broad SMARTS) is 2. The van der Waals surface area contributed by atoms with Gasteiger partial charge in [0.25, 0.3) is 0 Å². The summed E-state index contributed by atoms with van der Waals surface area (Å²) in [7, 11) is 0. The fourth-order valence-electron chi connectivity index (χ4n) is 7.07. The molecule has 14 nitrogen and oxygen atoms in total. The smallest absolute Gasteiger partial charge is 0.335 e. The number of hydrogen-bond donors (Lipinski definition) is 8. The van der Waals surface area contributed by atoms with Crippen molar-refractivity contribution in [1.29, 1.82) is 0 Å². The van der Waals surface area contributed by atoms with Crippen molar-refractivity contribution in [2.24, 2.45) is 11.8 Å². The molecule has 1 aromatic rings. The van der Waals surface area contributed by atoms with Crippen LogP contribution in [0.4, 0.5) is 0 Å². The topological polar surface area (TPSA) is 227 Å². The Morgan fingerprint density at radius 3 is 2.30 bits per heavy atom. The molecule has 0 bridgehead atoms. The minimum absolute atomic E-state index is 0.0125. The standard InChI is InChI=1S/C29H41NO13/c1-2-7-30-8-3-4-13-9-14-12(10-16(13)30)5-6-17(41-18-11-15(27(37)38)19(31)21(33)20(18)32)25(14)42-29-24(36)22(34)23(35)26(43-29)28(39)40/h5-6,13,15-16,18-24,26,29,31-36H,2-4,7-11H2,1H3,(H,37,38)(H,39,40)/t13-,15+,16-,18-,19-,20+,21+,22+,23+,24-,26+,29-/m1/s1. The molecule has 0 amide bonds. The van der Waals surface area contributed by atoms with Crippen molar-refractivity contribution in [2.75, 3.05) is 13.1 Å². The summed E-state index contributed by atoms with van der Waals surface area (Å²) in [4.78, 5) is 25.9. The zero-order chi connectivity index (χ0) is 31.2. The first-order valence-electron chi connectivity index (χ1n) is 14.8. The monoisotopic (exact) mass is 611 g/mol. The summed E-state index contributed by atoms with van der Waals surface area (Å²) in [5.74, 6) is -4.06. The minimum Gasteiger partial charge on any atom is -0.484 e. The highest BCUT2D eigenvalue weighted by atomic mass is 16.7. The number of nitrogens with zero attached hydrogens (tertiary/aromatic N) is 1. The summed E-state index contributed by atoms with van der Waals surface area (Å²) >= 11 is 0. The Labute approximate surface area is 248 Å². The third kappa shape index (κ3) is 6.07. The van der Waals surface area contributed by atoms with E-state index in [1.807, 2.05) is 6.07 Å². The Balaban J connectivity index is 1.52. The Morgan fingerprint density at radius 1 is 0.907 bits per heavy atom. The van der Waals surface area contributed by atoms with E-state index in [9.17, 15) is 50.4 Å². The number of rotatable bonds is 8. The molecule has 0 unspecified atom stereocenters. The molecule has 43 heavy (non-hydrogen) atoms. The molecule has 8 N–H and O–H groups in total. The lowest BCUT2D eigenvalue weighted by atomic mass is 9.74. The van der Waals surface area contributed by atoms with Crippen molar-refractivity contribution in [3.05, 3.63) is 23.3 Å². The van der Waals surface area contributed by atoms with Gasteiger partial charge in [-0.1, -0.05) is 13.0 Å². The van der Waals surface area contributed by atoms with Crippen LogP contribution in [0.1, 0.15) is 43.7 Å². The SMILES string of the molecule is CCCN1CCC[C@@H]2Cc3c(ccc(O[C@@H]4C[C@H](C(=O)O)[C@@H](O)[C@H](O)[C@H]4O)c3O[C@@H]3O[C@H](C(=O)O)[C@@H](O)[C@H](O)[C@H]3O)C[C@H]21. The quantitative estimate of drug-likeness (QED) is 0.167. The van der Waals surface area contributed by atoms with E-state index in [2.05, 4.69) is 11.8 Å². The molecule has 2 saturated heterocycles. The number of fused-ring (bicyclic) bond motifs is 2. The lowest BCUT2D eigenvalue weighted by Crippen LogP contribution is -2.61. The van der Waals surface area contributed by atoms with Crippen LogP contribution in [0.25, 0.3) is 0 Å². The second-order valence-corrected chi connectivity index (χ2v) is 12.1. The third-order valence-electron chi connectivity index (χ3n) is 9.38. The minimum atomic E-state index is -1.92. The number of aliphatic hydroxyl groups is 6. The van der Waals surface area contributed by atoms with Crippen LogP contribution >= 0.6 is 0 Å². The molecule has 2 heterocycles. The van der Waals surface area contributed by atoms with Gasteiger partial charge in [0.15, 0.2) is 17.6 Å². The Kier molecular flexibility index (Phi) is 9.49. The summed E-state index contributed by atoms with van der Waals surface area (Å²) in [5, 5.41) is 81.6. The lowest BCUT2D eigenvalue weighted by Gasteiger charge is -2.45. The number of benzene rings is 1. The van der Waals surface area contributed by atoms with E-state index in [4.69, 9.17) is 14.2 Å². The van der Waals surface area contributed by atoms with E-state index >= 15 is 0 Å². The van der Waals surface area contributed by atoms with E-state index < -0.39 is 73.0 Å². The van der Waals surface area contributed by atoms with Gasteiger partial charge < -0.3 is 55.1 Å². The van der Waals surface area contributed by atoms with Crippen molar-refractivity contribution in [3.8, 4) is 11.5 Å². The van der Waals surface area contributed by atoms with Crippen molar-refractivity contribution in [3.63, 3.8) is 0 Å². The van der Waals surface area contributed by atoms with E-state index in [1.165, 1.54) is 0 Å². The number of carboxylic acids is 2. The molecular weight excluding hydrogens is 570 g/mol. The lowest BCUT2D eigenvalue weighted by molar-refractivity contribution is -0.271. The average molecular weight is 612 g/mol. The fourth-order valence-corrected chi connectivity index (χ4v) is 7.07. The second-order valence-electron chi connectivity index (χ2n) is 12.1. The van der Waals surface area contributed by atoms with Gasteiger partial charge in [-0.15, -0.1) is 0 Å². The first-order chi connectivity index (χ1) is 20.4. The Hall–Kier alpha value is -2.56. The highest BCUT2D eigenvalue weighted by Gasteiger charge is 2.50. The first-order valence-corrected chi connectivity index (χ1v) is 14.8. The zero-order valence-electron chi connectivity index (χ0n) is 23.8. The molecule has 1 saturated carbocycles. The molecule has 5 rings (SSSR count). The van der Waals surface area contributed by atoms with Gasteiger partial charge >= 0.3 is 11.9 Å². The molecule has 240 valence electrons. The number of aliphatic carboxylic acids is 2. The maximum atomic E-state index is 11.7. The van der Waals surface area contributed by atoms with Crippen molar-refractivity contribution >= 4 is 11.9 Å². The molecule has 0 spiro atoms. The van der Waals surface area contributed by atoms with Crippen LogP contribution in [0.15, 0.2) is 12.1 Å². The van der Waals surface area contributed by atoms with Crippen LogP contribution in [0.2, 0.25) is 0 Å². The molecule has 12 atom stereocenters. The van der Waals surface area contributed by atoms with Crippen LogP contribution < -0.4 is 9.47 Å². The Bertz CT molecular complexity index is 1180. The van der Waals surface area contributed by atoms with Gasteiger partial charge in [-0.25, -0.2) is 4.79 Å². The van der Waals surface area contributed by atoms with E-state index in [0.29, 0.717) is 24.4 Å². The van der Waals surface area contributed by atoms with E-state index in [-0.39, 0.29) is 23.8 Å². The molecular formula is C29H41NO13. The summed E-state index contributed by atoms with van der Waals surface area (Å²) in [5.41, 5.74) is 1.61. The van der Waals surface area contributed by atoms with Gasteiger partial charge in [0, 0.05) is 18.0 Å². The number of ether oxygens (including phenoxy) is 3. The zero-order valence-corrected chi connectivity index (χ0v) is 23.8. The first kappa shape index (κ1) is 31.9. The molecule has 3 fully saturated rings. The predicted octanol–water partition coefficient (Wildman–Crippen LogP) is -1.52. The maximum Gasteiger partial charge on any atom is 0.335 e. The largest absolute Gasteiger partial charge is 0.484 e. The fraction of sp³-hybridized carbons (Fsp3) is 0.724. The summed E-state index contributed by atoms with van der Waals surface area (Å²) in [6, 6.07) is 3.67. The maximum absolute atomic E-state index is 11.7. The van der Waals surface area contributed by atoms with Crippen LogP contribution in [-0.4, -0.2) is 132 Å². The normalized spacial score (nSPS) is 39.8. The van der Waals surface area contributed by atoms with Gasteiger partial charge in [-0.2, -0.15) is 0 Å². The summed E-state index contributed by atoms with van der Waals surface area (Å²) in [6.07, 6.45) is -11.9. The number of aliphatic hydroxyl groups excluding tert-OH is 6. The number of hydrogen-bond acceptors (Lipinski definition) is 12. The van der Waals surface area contributed by atoms with E-state index in [1.54, 1.807) is 6.07 Å². The van der Waals surface area contributed by atoms with Gasteiger partial charge in [0.05, 0.1) is 12.0 Å². The van der Waals surface area contributed by atoms with Crippen LogP contribution in [-0.2, 0) is 27.2 Å². The predicted molar refractivity (Wildman–Crippen MR) is 145 cm³/mol.